The van der Waals surface area contributed by atoms with E-state index in [0.29, 0.717) is 11.8 Å². The Hall–Kier alpha value is -2.70. The highest BCUT2D eigenvalue weighted by Crippen LogP contribution is 2.38. The molecule has 1 N–H and O–H groups in total. The smallest absolute Gasteiger partial charge is 0.335 e. The molecule has 2 aromatic heterocycles. The van der Waals surface area contributed by atoms with Crippen LogP contribution in [0.1, 0.15) is 27.4 Å². The molecule has 1 aromatic carbocycles. The van der Waals surface area contributed by atoms with Crippen LogP contribution in [0.15, 0.2) is 36.5 Å². The lowest BCUT2D eigenvalue weighted by Gasteiger charge is -2.28. The van der Waals surface area contributed by atoms with Gasteiger partial charge in [0.1, 0.15) is 11.9 Å². The van der Waals surface area contributed by atoms with E-state index in [9.17, 15) is 22.8 Å². The van der Waals surface area contributed by atoms with E-state index >= 15 is 0 Å². The Morgan fingerprint density at radius 1 is 1.14 bits per heavy atom. The zero-order valence-corrected chi connectivity index (χ0v) is 16.7. The molecule has 150 valence electrons. The summed E-state index contributed by atoms with van der Waals surface area (Å²) in [7, 11) is 0. The highest BCUT2D eigenvalue weighted by molar-refractivity contribution is 7.15. The number of nitriles is 1. The van der Waals surface area contributed by atoms with E-state index in [-0.39, 0.29) is 21.4 Å². The van der Waals surface area contributed by atoms with E-state index in [1.54, 1.807) is 6.92 Å². The van der Waals surface area contributed by atoms with Crippen LogP contribution in [0.5, 0.6) is 0 Å². The second-order valence-corrected chi connectivity index (χ2v) is 7.88. The zero-order chi connectivity index (χ0) is 21.4. The molecule has 0 aliphatic rings. The van der Waals surface area contributed by atoms with Crippen molar-refractivity contribution in [3.05, 3.63) is 74.8 Å². The number of pyridine rings is 1. The highest BCUT2D eigenvalue weighted by Gasteiger charge is 2.40. The van der Waals surface area contributed by atoms with Gasteiger partial charge in [0.2, 0.25) is 0 Å². The van der Waals surface area contributed by atoms with E-state index in [2.05, 4.69) is 15.3 Å². The van der Waals surface area contributed by atoms with E-state index in [0.717, 1.165) is 17.0 Å². The molecule has 4 nitrogen and oxygen atoms in total. The minimum atomic E-state index is -4.79. The first kappa shape index (κ1) is 21.0. The van der Waals surface area contributed by atoms with Crippen molar-refractivity contribution in [2.45, 2.75) is 25.6 Å². The summed E-state index contributed by atoms with van der Waals surface area (Å²) in [5.41, 5.74) is -2.65. The summed E-state index contributed by atoms with van der Waals surface area (Å²) in [4.78, 5) is 9.25. The van der Waals surface area contributed by atoms with Gasteiger partial charge >= 0.3 is 6.18 Å². The monoisotopic (exact) mass is 440 g/mol. The fourth-order valence-electron chi connectivity index (χ4n) is 2.69. The summed E-state index contributed by atoms with van der Waals surface area (Å²) in [5.74, 6) is -1.13. The highest BCUT2D eigenvalue weighted by atomic mass is 35.5. The maximum Gasteiger partial charge on any atom is 0.416 e. The molecule has 0 fully saturated rings. The van der Waals surface area contributed by atoms with E-state index < -0.39 is 23.1 Å². The number of halogens is 5. The minimum absolute atomic E-state index is 0.0497. The average molecular weight is 441 g/mol. The fraction of sp³-hybridized carbons (Fsp3) is 0.211. The lowest BCUT2D eigenvalue weighted by Crippen LogP contribution is -2.36. The zero-order valence-electron chi connectivity index (χ0n) is 15.1. The number of benzene rings is 1. The van der Waals surface area contributed by atoms with E-state index in [4.69, 9.17) is 11.6 Å². The number of nitrogens with zero attached hydrogens (tertiary/aromatic N) is 3. The third-order valence-electron chi connectivity index (χ3n) is 4.26. The van der Waals surface area contributed by atoms with Crippen molar-refractivity contribution in [3.8, 4) is 6.07 Å². The molecule has 0 aliphatic carbocycles. The predicted molar refractivity (Wildman–Crippen MR) is 102 cm³/mol. The number of hydrogen-bond acceptors (Lipinski definition) is 5. The van der Waals surface area contributed by atoms with Crippen LogP contribution in [-0.2, 0) is 11.7 Å². The number of thiazole rings is 1. The number of anilines is 1. The molecule has 3 aromatic rings. The van der Waals surface area contributed by atoms with Crippen LogP contribution in [0.2, 0.25) is 5.02 Å². The van der Waals surface area contributed by atoms with Crippen molar-refractivity contribution >= 4 is 28.1 Å². The summed E-state index contributed by atoms with van der Waals surface area (Å²) in [6.07, 6.45) is -3.53. The molecule has 0 amide bonds. The van der Waals surface area contributed by atoms with Crippen molar-refractivity contribution in [3.63, 3.8) is 0 Å². The molecule has 2 heterocycles. The first-order chi connectivity index (χ1) is 13.5. The van der Waals surface area contributed by atoms with Crippen LogP contribution < -0.4 is 5.32 Å². The molecular weight excluding hydrogens is 428 g/mol. The lowest BCUT2D eigenvalue weighted by molar-refractivity contribution is -0.137. The average Bonchev–Trinajstić information content (AvgIpc) is 2.96. The van der Waals surface area contributed by atoms with Gasteiger partial charge in [0.15, 0.2) is 10.7 Å². The first-order valence-electron chi connectivity index (χ1n) is 8.19. The van der Waals surface area contributed by atoms with Gasteiger partial charge in [-0.3, -0.25) is 4.98 Å². The standard InChI is InChI=1S/C19H13ClF4N4S/c1-10-11(2)29-17(27-10)28-18(9-25,16-4-3-14(20)8-26-16)12-5-13(19(22,23)24)7-15(21)6-12/h3-8H,1-2H3,(H,27,28). The SMILES string of the molecule is Cc1nc(NC(C#N)(c2cc(F)cc(C(F)(F)F)c2)c2ccc(Cl)cn2)sc1C. The van der Waals surface area contributed by atoms with Crippen LogP contribution in [-0.4, -0.2) is 9.97 Å². The molecular formula is C19H13ClF4N4S. The summed E-state index contributed by atoms with van der Waals surface area (Å²) < 4.78 is 53.9. The van der Waals surface area contributed by atoms with Crippen LogP contribution in [0, 0.1) is 31.0 Å². The van der Waals surface area contributed by atoms with Gasteiger partial charge in [-0.15, -0.1) is 11.3 Å². The van der Waals surface area contributed by atoms with Gasteiger partial charge in [0, 0.05) is 16.6 Å². The minimum Gasteiger partial charge on any atom is -0.335 e. The van der Waals surface area contributed by atoms with Gasteiger partial charge < -0.3 is 5.32 Å². The normalized spacial score (nSPS) is 13.6. The van der Waals surface area contributed by atoms with Crippen LogP contribution in [0.4, 0.5) is 22.7 Å². The van der Waals surface area contributed by atoms with Crippen molar-refractivity contribution in [2.24, 2.45) is 0 Å². The molecule has 0 aliphatic heterocycles. The number of aryl methyl sites for hydroxylation is 2. The molecule has 3 rings (SSSR count). The quantitative estimate of drug-likeness (QED) is 0.517. The molecule has 1 atom stereocenters. The first-order valence-corrected chi connectivity index (χ1v) is 9.38. The molecule has 29 heavy (non-hydrogen) atoms. The molecule has 0 bridgehead atoms. The van der Waals surface area contributed by atoms with Gasteiger partial charge in [-0.05, 0) is 44.2 Å². The Balaban J connectivity index is 2.26. The summed E-state index contributed by atoms with van der Waals surface area (Å²) >= 11 is 7.08. The Labute approximate surface area is 172 Å². The van der Waals surface area contributed by atoms with Gasteiger partial charge in [0.05, 0.1) is 22.0 Å². The second kappa shape index (κ2) is 7.61. The molecule has 1 unspecified atom stereocenters. The Morgan fingerprint density at radius 3 is 2.34 bits per heavy atom. The van der Waals surface area contributed by atoms with Crippen molar-refractivity contribution in [1.29, 1.82) is 5.26 Å². The van der Waals surface area contributed by atoms with Gasteiger partial charge in [0.25, 0.3) is 0 Å². The fourth-order valence-corrected chi connectivity index (χ4v) is 3.67. The second-order valence-electron chi connectivity index (χ2n) is 6.24. The maximum atomic E-state index is 14.1. The molecule has 10 heteroatoms. The lowest BCUT2D eigenvalue weighted by atomic mass is 9.86. The van der Waals surface area contributed by atoms with Gasteiger partial charge in [-0.2, -0.15) is 18.4 Å². The topological polar surface area (TPSA) is 61.6 Å². The summed E-state index contributed by atoms with van der Waals surface area (Å²) in [6.45, 7) is 3.58. The van der Waals surface area contributed by atoms with E-state index in [1.807, 2.05) is 13.0 Å². The Morgan fingerprint density at radius 2 is 1.83 bits per heavy atom. The predicted octanol–water partition coefficient (Wildman–Crippen LogP) is 5.85. The summed E-state index contributed by atoms with van der Waals surface area (Å²) in [5, 5.41) is 13.5. The number of hydrogen-bond donors (Lipinski definition) is 1. The number of aromatic nitrogens is 2. The molecule has 0 radical (unpaired) electrons. The molecule has 0 saturated carbocycles. The third-order valence-corrected chi connectivity index (χ3v) is 5.47. The van der Waals surface area contributed by atoms with Gasteiger partial charge in [-0.1, -0.05) is 11.6 Å². The number of rotatable bonds is 4. The summed E-state index contributed by atoms with van der Waals surface area (Å²) in [6, 6.07) is 6.77. The Bertz CT molecular complexity index is 1070. The van der Waals surface area contributed by atoms with Crippen molar-refractivity contribution in [2.75, 3.05) is 5.32 Å². The largest absolute Gasteiger partial charge is 0.416 e. The molecule has 0 spiro atoms. The number of nitrogens with one attached hydrogen (secondary N) is 1. The van der Waals surface area contributed by atoms with Crippen molar-refractivity contribution in [1.82, 2.24) is 9.97 Å². The Kier molecular flexibility index (Phi) is 5.52. The maximum absolute atomic E-state index is 14.1. The van der Waals surface area contributed by atoms with E-state index in [1.165, 1.54) is 29.7 Å². The van der Waals surface area contributed by atoms with Crippen molar-refractivity contribution < 1.29 is 17.6 Å². The molecule has 0 saturated heterocycles. The van der Waals surface area contributed by atoms with Crippen LogP contribution >= 0.6 is 22.9 Å². The third kappa shape index (κ3) is 4.18. The van der Waals surface area contributed by atoms with Crippen LogP contribution in [0.25, 0.3) is 0 Å². The van der Waals surface area contributed by atoms with Gasteiger partial charge in [-0.25, -0.2) is 9.37 Å². The van der Waals surface area contributed by atoms with Crippen LogP contribution in [0.3, 0.4) is 0 Å². The number of alkyl halides is 3.